The zero-order valence-electron chi connectivity index (χ0n) is 11.7. The molecule has 21 heavy (non-hydrogen) atoms. The molecular weight excluding hydrogens is 272 g/mol. The van der Waals surface area contributed by atoms with Crippen LogP contribution in [0.2, 0.25) is 0 Å². The number of hydrogen-bond acceptors (Lipinski definition) is 5. The van der Waals surface area contributed by atoms with Crippen molar-refractivity contribution in [2.45, 2.75) is 20.4 Å². The molecule has 108 valence electrons. The fourth-order valence-electron chi connectivity index (χ4n) is 1.79. The lowest BCUT2D eigenvalue weighted by molar-refractivity contribution is -0.745. The molecule has 0 saturated carbocycles. The average Bonchev–Trinajstić information content (AvgIpc) is 2.83. The molecular formula is C14H15N4O3+. The largest absolute Gasteiger partial charge is 0.515 e. The lowest BCUT2D eigenvalue weighted by Gasteiger charge is -1.95. The van der Waals surface area contributed by atoms with Crippen LogP contribution in [0.15, 0.2) is 36.6 Å². The first-order valence-corrected chi connectivity index (χ1v) is 6.31. The number of para-hydroxylation sites is 1. The molecule has 0 saturated heterocycles. The molecule has 0 radical (unpaired) electrons. The minimum Gasteiger partial charge on any atom is -0.515 e. The van der Waals surface area contributed by atoms with Gasteiger partial charge in [0.15, 0.2) is 23.8 Å². The summed E-state index contributed by atoms with van der Waals surface area (Å²) in [5.74, 6) is -0.360. The van der Waals surface area contributed by atoms with Gasteiger partial charge in [-0.05, 0) is 26.0 Å². The second-order valence-electron chi connectivity index (χ2n) is 4.50. The van der Waals surface area contributed by atoms with Gasteiger partial charge in [-0.1, -0.05) is 18.2 Å². The Hall–Kier alpha value is -2.83. The Bertz CT molecular complexity index is 704. The highest BCUT2D eigenvalue weighted by Crippen LogP contribution is 2.09. The number of aliphatic hydroxyl groups excluding tert-OH is 1. The second kappa shape index (κ2) is 6.08. The van der Waals surface area contributed by atoms with Crippen LogP contribution in [0, 0.1) is 0 Å². The Morgan fingerprint density at radius 3 is 2.48 bits per heavy atom. The number of aliphatic hydroxyl groups is 1. The van der Waals surface area contributed by atoms with Gasteiger partial charge in [0.2, 0.25) is 0 Å². The van der Waals surface area contributed by atoms with Crippen molar-refractivity contribution in [2.24, 2.45) is 0 Å². The highest BCUT2D eigenvalue weighted by molar-refractivity contribution is 6.17. The van der Waals surface area contributed by atoms with Crippen LogP contribution in [0.25, 0.3) is 11.3 Å². The number of tetrazole rings is 1. The summed E-state index contributed by atoms with van der Waals surface area (Å²) in [7, 11) is 0. The van der Waals surface area contributed by atoms with Gasteiger partial charge in [0.1, 0.15) is 5.57 Å². The van der Waals surface area contributed by atoms with Gasteiger partial charge in [-0.25, -0.2) is 0 Å². The Balaban J connectivity index is 2.55. The molecule has 1 aromatic carbocycles. The number of aromatic nitrogens is 4. The van der Waals surface area contributed by atoms with Crippen molar-refractivity contribution in [3.05, 3.63) is 42.4 Å². The van der Waals surface area contributed by atoms with E-state index in [1.54, 1.807) is 12.1 Å². The second-order valence-corrected chi connectivity index (χ2v) is 4.50. The summed E-state index contributed by atoms with van der Waals surface area (Å²) < 4.78 is 1.29. The zero-order chi connectivity index (χ0) is 15.4. The molecule has 2 aromatic rings. The van der Waals surface area contributed by atoms with E-state index < -0.39 is 0 Å². The number of rotatable bonds is 5. The van der Waals surface area contributed by atoms with Crippen molar-refractivity contribution in [1.82, 2.24) is 15.1 Å². The lowest BCUT2D eigenvalue weighted by atomic mass is 10.2. The molecule has 0 atom stereocenters. The standard InChI is InChI=1S/C14H14N4O3/c1-10(20)8-17-14(13(9-19)11(2)21)15-18(16-17)12-6-4-3-5-7-12/h3-7,9H,8H2,1-2H3/p+1. The van der Waals surface area contributed by atoms with E-state index in [1.807, 2.05) is 18.2 Å². The highest BCUT2D eigenvalue weighted by atomic mass is 16.2. The number of allylic oxidation sites excluding steroid dienone is 1. The summed E-state index contributed by atoms with van der Waals surface area (Å²) in [6.07, 6.45) is 0.679. The molecule has 0 spiro atoms. The quantitative estimate of drug-likeness (QED) is 0.495. The molecule has 7 nitrogen and oxygen atoms in total. The van der Waals surface area contributed by atoms with E-state index >= 15 is 0 Å². The molecule has 7 heteroatoms. The third-order valence-electron chi connectivity index (χ3n) is 2.74. The Labute approximate surface area is 121 Å². The molecule has 0 aliphatic heterocycles. The van der Waals surface area contributed by atoms with Gasteiger partial charge in [-0.3, -0.25) is 9.59 Å². The van der Waals surface area contributed by atoms with Crippen molar-refractivity contribution in [1.29, 1.82) is 0 Å². The molecule has 0 aliphatic rings. The summed E-state index contributed by atoms with van der Waals surface area (Å²) in [6, 6.07) is 9.07. The van der Waals surface area contributed by atoms with E-state index in [1.165, 1.54) is 23.3 Å². The van der Waals surface area contributed by atoms with Crippen molar-refractivity contribution in [2.75, 3.05) is 0 Å². The minimum atomic E-state index is -0.366. The third kappa shape index (κ3) is 3.19. The molecule has 1 N–H and O–H groups in total. The van der Waals surface area contributed by atoms with E-state index in [2.05, 4.69) is 10.3 Å². The van der Waals surface area contributed by atoms with Gasteiger partial charge in [0.25, 0.3) is 0 Å². The average molecular weight is 287 g/mol. The summed E-state index contributed by atoms with van der Waals surface area (Å²) in [5.41, 5.74) is 0.681. The van der Waals surface area contributed by atoms with Gasteiger partial charge in [0.05, 0.1) is 16.6 Å². The maximum absolute atomic E-state index is 11.6. The van der Waals surface area contributed by atoms with Crippen molar-refractivity contribution in [3.63, 3.8) is 0 Å². The van der Waals surface area contributed by atoms with Gasteiger partial charge in [-0.2, -0.15) is 0 Å². The van der Waals surface area contributed by atoms with E-state index in [4.69, 9.17) is 0 Å². The number of ketones is 2. The van der Waals surface area contributed by atoms with Crippen LogP contribution in [-0.4, -0.2) is 31.8 Å². The first kappa shape index (κ1) is 14.6. The van der Waals surface area contributed by atoms with Crippen LogP contribution in [0.4, 0.5) is 0 Å². The van der Waals surface area contributed by atoms with E-state index in [0.717, 1.165) is 0 Å². The summed E-state index contributed by atoms with van der Waals surface area (Å²) >= 11 is 0. The summed E-state index contributed by atoms with van der Waals surface area (Å²) in [4.78, 5) is 24.2. The van der Waals surface area contributed by atoms with Gasteiger partial charge >= 0.3 is 5.82 Å². The van der Waals surface area contributed by atoms with E-state index in [-0.39, 0.29) is 29.5 Å². The van der Waals surface area contributed by atoms with Gasteiger partial charge in [-0.15, -0.1) is 4.68 Å². The molecule has 0 unspecified atom stereocenters. The zero-order valence-corrected chi connectivity index (χ0v) is 11.7. The van der Waals surface area contributed by atoms with Crippen molar-refractivity contribution < 1.29 is 19.4 Å². The Morgan fingerprint density at radius 1 is 1.29 bits per heavy atom. The fraction of sp³-hybridized carbons (Fsp3) is 0.214. The van der Waals surface area contributed by atoms with Crippen LogP contribution in [-0.2, 0) is 16.1 Å². The Morgan fingerprint density at radius 2 is 1.95 bits per heavy atom. The van der Waals surface area contributed by atoms with Crippen LogP contribution >= 0.6 is 0 Å². The molecule has 2 rings (SSSR count). The maximum atomic E-state index is 11.6. The monoisotopic (exact) mass is 287 g/mol. The minimum absolute atomic E-state index is 0.00145. The van der Waals surface area contributed by atoms with Crippen LogP contribution in [0.1, 0.15) is 19.7 Å². The lowest BCUT2D eigenvalue weighted by Crippen LogP contribution is -2.43. The number of Topliss-reactive ketones (excluding diaryl/α,β-unsaturated/α-hetero) is 2. The SMILES string of the molecule is CC(=O)C[n+]1nn(-c2ccccc2)nc1/C(=C\O)C(C)=O. The Kier molecular flexibility index (Phi) is 4.22. The van der Waals surface area contributed by atoms with Gasteiger partial charge < -0.3 is 5.11 Å². The molecule has 0 aliphatic carbocycles. The van der Waals surface area contributed by atoms with E-state index in [9.17, 15) is 14.7 Å². The van der Waals surface area contributed by atoms with Gasteiger partial charge in [0, 0.05) is 4.80 Å². The smallest absolute Gasteiger partial charge is 0.337 e. The molecule has 0 fully saturated rings. The molecule has 1 aromatic heterocycles. The first-order valence-electron chi connectivity index (χ1n) is 6.31. The molecule has 0 amide bonds. The highest BCUT2D eigenvalue weighted by Gasteiger charge is 2.27. The maximum Gasteiger partial charge on any atom is 0.337 e. The van der Waals surface area contributed by atoms with Crippen molar-refractivity contribution >= 4 is 17.1 Å². The van der Waals surface area contributed by atoms with E-state index in [0.29, 0.717) is 11.9 Å². The summed E-state index contributed by atoms with van der Waals surface area (Å²) in [5, 5.41) is 17.6. The molecule has 0 bridgehead atoms. The number of nitrogens with zero attached hydrogens (tertiary/aromatic N) is 4. The number of carbonyl (C=O) groups is 2. The number of hydrogen-bond donors (Lipinski definition) is 1. The number of carbonyl (C=O) groups excluding carboxylic acids is 2. The normalized spacial score (nSPS) is 11.4. The van der Waals surface area contributed by atoms with Crippen LogP contribution < -0.4 is 4.68 Å². The third-order valence-corrected chi connectivity index (χ3v) is 2.74. The van der Waals surface area contributed by atoms with Crippen molar-refractivity contribution in [3.8, 4) is 5.69 Å². The van der Waals surface area contributed by atoms with Crippen LogP contribution in [0.5, 0.6) is 0 Å². The topological polar surface area (TPSA) is 89.0 Å². The predicted molar refractivity (Wildman–Crippen MR) is 73.5 cm³/mol. The predicted octanol–water partition coefficient (Wildman–Crippen LogP) is 0.632. The summed E-state index contributed by atoms with van der Waals surface area (Å²) in [6.45, 7) is 2.68. The first-order chi connectivity index (χ1) is 10.0. The fourth-order valence-corrected chi connectivity index (χ4v) is 1.79. The van der Waals surface area contributed by atoms with Crippen LogP contribution in [0.3, 0.4) is 0 Å². The number of benzene rings is 1. The molecule has 1 heterocycles.